The van der Waals surface area contributed by atoms with Gasteiger partial charge in [-0.3, -0.25) is 4.79 Å². The molecule has 1 N–H and O–H groups in total. The highest BCUT2D eigenvalue weighted by Crippen LogP contribution is 2.17. The van der Waals surface area contributed by atoms with Crippen molar-refractivity contribution in [1.29, 1.82) is 0 Å². The number of nitrogens with zero attached hydrogens (tertiary/aromatic N) is 1. The summed E-state index contributed by atoms with van der Waals surface area (Å²) >= 11 is 3.38. The number of ether oxygens (including phenoxy) is 1. The maximum absolute atomic E-state index is 11.5. The Bertz CT molecular complexity index is 385. The molecular weight excluding hydrogens is 296 g/mol. The van der Waals surface area contributed by atoms with E-state index in [4.69, 9.17) is 4.74 Å². The largest absolute Gasteiger partial charge is 0.492 e. The number of halogens is 1. The van der Waals surface area contributed by atoms with Gasteiger partial charge in [0.1, 0.15) is 12.4 Å². The van der Waals surface area contributed by atoms with Crippen molar-refractivity contribution in [2.75, 3.05) is 33.3 Å². The van der Waals surface area contributed by atoms with Crippen molar-refractivity contribution in [1.82, 2.24) is 10.2 Å². The van der Waals surface area contributed by atoms with Crippen molar-refractivity contribution in [3.8, 4) is 5.75 Å². The fourth-order valence-electron chi connectivity index (χ4n) is 1.30. The van der Waals surface area contributed by atoms with Gasteiger partial charge in [0.05, 0.1) is 6.54 Å². The third-order valence-corrected chi connectivity index (χ3v) is 3.01. The van der Waals surface area contributed by atoms with Gasteiger partial charge in [0, 0.05) is 24.6 Å². The Kier molecular flexibility index (Phi) is 6.75. The van der Waals surface area contributed by atoms with Crippen molar-refractivity contribution in [3.05, 3.63) is 28.7 Å². The van der Waals surface area contributed by atoms with Crippen molar-refractivity contribution >= 4 is 21.8 Å². The number of nitrogens with one attached hydrogen (secondary N) is 1. The van der Waals surface area contributed by atoms with Crippen molar-refractivity contribution in [3.63, 3.8) is 0 Å². The number of rotatable bonds is 7. The molecule has 0 aliphatic rings. The molecule has 4 nitrogen and oxygen atoms in total. The van der Waals surface area contributed by atoms with Gasteiger partial charge >= 0.3 is 0 Å². The zero-order chi connectivity index (χ0) is 13.4. The summed E-state index contributed by atoms with van der Waals surface area (Å²) in [6.45, 7) is 4.23. The predicted octanol–water partition coefficient (Wildman–Crippen LogP) is 1.90. The minimum atomic E-state index is 0.0972. The maximum atomic E-state index is 11.5. The number of benzene rings is 1. The molecule has 1 amide bonds. The first-order chi connectivity index (χ1) is 8.63. The third-order valence-electron chi connectivity index (χ3n) is 2.52. The normalized spacial score (nSPS) is 10.2. The van der Waals surface area contributed by atoms with Crippen LogP contribution in [0.2, 0.25) is 0 Å². The van der Waals surface area contributed by atoms with E-state index in [1.807, 2.05) is 31.2 Å². The van der Waals surface area contributed by atoms with Crippen LogP contribution < -0.4 is 10.1 Å². The van der Waals surface area contributed by atoms with Crippen LogP contribution in [-0.2, 0) is 4.79 Å². The van der Waals surface area contributed by atoms with E-state index in [1.54, 1.807) is 11.9 Å². The molecule has 1 rings (SSSR count). The number of likely N-dealkylation sites (N-methyl/N-ethyl adjacent to an activating group) is 1. The van der Waals surface area contributed by atoms with Gasteiger partial charge in [-0.15, -0.1) is 0 Å². The molecule has 0 spiro atoms. The molecule has 0 saturated carbocycles. The first-order valence-corrected chi connectivity index (χ1v) is 6.76. The minimum Gasteiger partial charge on any atom is -0.492 e. The van der Waals surface area contributed by atoms with Gasteiger partial charge < -0.3 is 15.0 Å². The second kappa shape index (κ2) is 8.11. The van der Waals surface area contributed by atoms with E-state index < -0.39 is 0 Å². The van der Waals surface area contributed by atoms with Gasteiger partial charge in [-0.25, -0.2) is 0 Å². The Morgan fingerprint density at radius 2 is 2.28 bits per heavy atom. The third kappa shape index (κ3) is 5.51. The summed E-state index contributed by atoms with van der Waals surface area (Å²) in [5.74, 6) is 0.920. The summed E-state index contributed by atoms with van der Waals surface area (Å²) < 4.78 is 6.53. The molecule has 0 fully saturated rings. The first kappa shape index (κ1) is 15.0. The zero-order valence-corrected chi connectivity index (χ0v) is 12.4. The molecule has 0 atom stereocenters. The van der Waals surface area contributed by atoms with Crippen LogP contribution in [0.3, 0.4) is 0 Å². The van der Waals surface area contributed by atoms with Crippen LogP contribution in [0, 0.1) is 0 Å². The van der Waals surface area contributed by atoms with Gasteiger partial charge in [0.15, 0.2) is 0 Å². The van der Waals surface area contributed by atoms with Gasteiger partial charge in [0.2, 0.25) is 5.91 Å². The zero-order valence-electron chi connectivity index (χ0n) is 10.8. The fourth-order valence-corrected chi connectivity index (χ4v) is 1.68. The van der Waals surface area contributed by atoms with Crippen molar-refractivity contribution in [2.45, 2.75) is 6.92 Å². The molecular formula is C13H19BrN2O2. The van der Waals surface area contributed by atoms with Crippen LogP contribution in [0.25, 0.3) is 0 Å². The minimum absolute atomic E-state index is 0.0972. The van der Waals surface area contributed by atoms with Gasteiger partial charge in [-0.2, -0.15) is 0 Å². The van der Waals surface area contributed by atoms with Crippen LogP contribution in [0.1, 0.15) is 6.92 Å². The van der Waals surface area contributed by atoms with E-state index in [0.717, 1.165) is 16.8 Å². The summed E-state index contributed by atoms with van der Waals surface area (Å²) in [5.41, 5.74) is 0. The number of amides is 1. The Labute approximate surface area is 116 Å². The number of carbonyl (C=O) groups is 1. The molecule has 1 aromatic rings. The summed E-state index contributed by atoms with van der Waals surface area (Å²) in [6.07, 6.45) is 0. The number of hydrogen-bond acceptors (Lipinski definition) is 3. The van der Waals surface area contributed by atoms with Gasteiger partial charge in [-0.1, -0.05) is 22.0 Å². The molecule has 5 heteroatoms. The highest BCUT2D eigenvalue weighted by molar-refractivity contribution is 9.10. The lowest BCUT2D eigenvalue weighted by atomic mass is 10.3. The van der Waals surface area contributed by atoms with E-state index in [1.165, 1.54) is 0 Å². The molecule has 0 saturated heterocycles. The predicted molar refractivity (Wildman–Crippen MR) is 75.8 cm³/mol. The Balaban J connectivity index is 2.14. The standard InChI is InChI=1S/C13H19BrN2O2/c1-3-16(2)13(17)10-15-7-8-18-12-6-4-5-11(14)9-12/h4-6,9,15H,3,7-8,10H2,1-2H3. The summed E-state index contributed by atoms with van der Waals surface area (Å²) in [6, 6.07) is 7.69. The molecule has 0 aliphatic carbocycles. The van der Waals surface area contributed by atoms with Gasteiger partial charge in [-0.05, 0) is 25.1 Å². The van der Waals surface area contributed by atoms with Crippen LogP contribution in [0.5, 0.6) is 5.75 Å². The second-order valence-electron chi connectivity index (χ2n) is 3.89. The van der Waals surface area contributed by atoms with E-state index in [9.17, 15) is 4.79 Å². The Morgan fingerprint density at radius 1 is 1.50 bits per heavy atom. The molecule has 1 aromatic carbocycles. The lowest BCUT2D eigenvalue weighted by Gasteiger charge is -2.14. The van der Waals surface area contributed by atoms with E-state index in [2.05, 4.69) is 21.2 Å². The first-order valence-electron chi connectivity index (χ1n) is 5.96. The Hall–Kier alpha value is -1.07. The molecule has 0 heterocycles. The maximum Gasteiger partial charge on any atom is 0.236 e. The Morgan fingerprint density at radius 3 is 2.94 bits per heavy atom. The van der Waals surface area contributed by atoms with Crippen LogP contribution >= 0.6 is 15.9 Å². The summed E-state index contributed by atoms with van der Waals surface area (Å²) in [5, 5.41) is 3.06. The lowest BCUT2D eigenvalue weighted by molar-refractivity contribution is -0.128. The van der Waals surface area contributed by atoms with Crippen LogP contribution in [0.4, 0.5) is 0 Å². The highest BCUT2D eigenvalue weighted by Gasteiger charge is 2.04. The average Bonchev–Trinajstić information content (AvgIpc) is 2.37. The molecule has 0 unspecified atom stereocenters. The van der Waals surface area contributed by atoms with Crippen LogP contribution in [-0.4, -0.2) is 44.1 Å². The number of hydrogen-bond donors (Lipinski definition) is 1. The van der Waals surface area contributed by atoms with Gasteiger partial charge in [0.25, 0.3) is 0 Å². The van der Waals surface area contributed by atoms with E-state index in [0.29, 0.717) is 19.7 Å². The topological polar surface area (TPSA) is 41.6 Å². The monoisotopic (exact) mass is 314 g/mol. The average molecular weight is 315 g/mol. The molecule has 0 aromatic heterocycles. The van der Waals surface area contributed by atoms with Crippen molar-refractivity contribution in [2.24, 2.45) is 0 Å². The summed E-state index contributed by atoms with van der Waals surface area (Å²) in [7, 11) is 1.79. The molecule has 18 heavy (non-hydrogen) atoms. The number of carbonyl (C=O) groups excluding carboxylic acids is 1. The smallest absolute Gasteiger partial charge is 0.236 e. The highest BCUT2D eigenvalue weighted by atomic mass is 79.9. The fraction of sp³-hybridized carbons (Fsp3) is 0.462. The lowest BCUT2D eigenvalue weighted by Crippen LogP contribution is -2.36. The molecule has 0 aliphatic heterocycles. The SMILES string of the molecule is CCN(C)C(=O)CNCCOc1cccc(Br)c1. The van der Waals surface area contributed by atoms with Crippen molar-refractivity contribution < 1.29 is 9.53 Å². The molecule has 0 bridgehead atoms. The van der Waals surface area contributed by atoms with E-state index in [-0.39, 0.29) is 5.91 Å². The van der Waals surface area contributed by atoms with E-state index >= 15 is 0 Å². The summed E-state index contributed by atoms with van der Waals surface area (Å²) in [4.78, 5) is 13.2. The quantitative estimate of drug-likeness (QED) is 0.782. The molecule has 0 radical (unpaired) electrons. The second-order valence-corrected chi connectivity index (χ2v) is 4.81. The molecule has 100 valence electrons. The van der Waals surface area contributed by atoms with Crippen LogP contribution in [0.15, 0.2) is 28.7 Å².